The van der Waals surface area contributed by atoms with Crippen LogP contribution in [-0.4, -0.2) is 14.9 Å². The molecule has 0 amide bonds. The molecule has 2 heterocycles. The summed E-state index contributed by atoms with van der Waals surface area (Å²) in [5, 5.41) is 2.07. The molecule has 2 aliphatic rings. The van der Waals surface area contributed by atoms with E-state index in [1.165, 1.54) is 4.57 Å². The zero-order valence-corrected chi connectivity index (χ0v) is 17.4. The lowest BCUT2D eigenvalue weighted by Crippen LogP contribution is -2.34. The van der Waals surface area contributed by atoms with E-state index in [2.05, 4.69) is 11.4 Å². The van der Waals surface area contributed by atoms with Crippen molar-refractivity contribution in [3.63, 3.8) is 0 Å². The predicted octanol–water partition coefficient (Wildman–Crippen LogP) is 4.16. The highest BCUT2D eigenvalue weighted by Crippen LogP contribution is 2.48. The van der Waals surface area contributed by atoms with E-state index in [9.17, 15) is 9.59 Å². The molecule has 0 radical (unpaired) electrons. The molecule has 0 N–H and O–H groups in total. The quantitative estimate of drug-likeness (QED) is 0.570. The number of rotatable bonds is 1. The molecule has 140 valence electrons. The minimum atomic E-state index is -0.357. The lowest BCUT2D eigenvalue weighted by Gasteiger charge is -2.29. The van der Waals surface area contributed by atoms with Crippen molar-refractivity contribution in [2.75, 3.05) is 0 Å². The lowest BCUT2D eigenvalue weighted by atomic mass is 9.77. The highest BCUT2D eigenvalue weighted by Gasteiger charge is 2.42. The summed E-state index contributed by atoms with van der Waals surface area (Å²) in [6, 6.07) is 9.84. The molecule has 0 saturated heterocycles. The predicted molar refractivity (Wildman–Crippen MR) is 114 cm³/mol. The summed E-state index contributed by atoms with van der Waals surface area (Å²) in [5.41, 5.74) is 5.98. The van der Waals surface area contributed by atoms with Gasteiger partial charge in [0.05, 0.1) is 0 Å². The Balaban J connectivity index is 1.90. The van der Waals surface area contributed by atoms with E-state index in [1.807, 2.05) is 42.8 Å². The van der Waals surface area contributed by atoms with Gasteiger partial charge in [-0.3, -0.25) is 14.2 Å². The normalized spacial score (nSPS) is 17.5. The van der Waals surface area contributed by atoms with Gasteiger partial charge in [0.25, 0.3) is 5.56 Å². The molecule has 2 aliphatic carbocycles. The van der Waals surface area contributed by atoms with Crippen LogP contribution in [0, 0.1) is 11.7 Å². The second-order valence-corrected chi connectivity index (χ2v) is 8.91. The van der Waals surface area contributed by atoms with Crippen LogP contribution < -0.4 is 5.56 Å². The van der Waals surface area contributed by atoms with Crippen LogP contribution in [0.2, 0.25) is 0 Å². The Kier molecular flexibility index (Phi) is 3.73. The summed E-state index contributed by atoms with van der Waals surface area (Å²) in [6.45, 7) is 2.04. The van der Waals surface area contributed by atoms with Crippen LogP contribution in [0.25, 0.3) is 5.57 Å². The number of benzene rings is 1. The van der Waals surface area contributed by atoms with Crippen molar-refractivity contribution in [3.05, 3.63) is 89.2 Å². The number of aromatic nitrogens is 2. The molecule has 0 spiro atoms. The third-order valence-corrected chi connectivity index (χ3v) is 7.32. The molecule has 0 aliphatic heterocycles. The topological polar surface area (TPSA) is 44.0 Å². The van der Waals surface area contributed by atoms with Crippen molar-refractivity contribution < 1.29 is 4.79 Å². The molecule has 4 nitrogen and oxygen atoms in total. The van der Waals surface area contributed by atoms with Gasteiger partial charge in [-0.05, 0) is 47.3 Å². The van der Waals surface area contributed by atoms with Crippen LogP contribution in [0.3, 0.4) is 0 Å². The molecule has 1 atom stereocenters. The van der Waals surface area contributed by atoms with Gasteiger partial charge in [-0.2, -0.15) is 0 Å². The molecule has 0 saturated carbocycles. The number of fused-ring (bicyclic) bond motifs is 3. The third-order valence-electron chi connectivity index (χ3n) is 5.90. The summed E-state index contributed by atoms with van der Waals surface area (Å²) in [6.07, 6.45) is 0.545. The average molecular weight is 407 g/mol. The summed E-state index contributed by atoms with van der Waals surface area (Å²) in [5.74, 6) is -0.318. The van der Waals surface area contributed by atoms with Crippen molar-refractivity contribution >= 4 is 34.9 Å². The van der Waals surface area contributed by atoms with E-state index in [0.717, 1.165) is 38.4 Å². The first-order valence-corrected chi connectivity index (χ1v) is 10.4. The Labute approximate surface area is 171 Å². The van der Waals surface area contributed by atoms with Crippen LogP contribution in [0.1, 0.15) is 43.5 Å². The van der Waals surface area contributed by atoms with E-state index in [4.69, 9.17) is 12.2 Å². The third kappa shape index (κ3) is 2.19. The molecule has 3 aromatic rings. The summed E-state index contributed by atoms with van der Waals surface area (Å²) in [7, 11) is 3.61. The smallest absolute Gasteiger partial charge is 0.258 e. The highest BCUT2D eigenvalue weighted by atomic mass is 32.1. The molecule has 2 aromatic heterocycles. The molecule has 0 fully saturated rings. The number of thiophene rings is 1. The number of Topliss-reactive ketones (excluding diaryl/α,β-unsaturated/α-hetero) is 1. The largest absolute Gasteiger partial charge is 0.325 e. The minimum absolute atomic E-state index is 0.0391. The SMILES string of the molecule is Cc1cc(C2C3=C(Cc4c2c(=O)n(C)c(=S)n4C)c2ccccc2C3=O)cs1. The standard InChI is InChI=1S/C22H18N2O2S2/c1-11-8-12(10-28-11)17-18-15(13-6-4-5-7-14(13)20(18)25)9-16-19(17)21(26)24(3)22(27)23(16)2/h4-8,10,17H,9H2,1-3H3. The average Bonchev–Trinajstić information content (AvgIpc) is 3.25. The molecular formula is C22H18N2O2S2. The zero-order chi connectivity index (χ0) is 19.7. The van der Waals surface area contributed by atoms with Crippen LogP contribution in [0.15, 0.2) is 46.1 Å². The molecular weight excluding hydrogens is 388 g/mol. The van der Waals surface area contributed by atoms with E-state index in [1.54, 1.807) is 18.4 Å². The fourth-order valence-electron chi connectivity index (χ4n) is 4.54. The highest BCUT2D eigenvalue weighted by molar-refractivity contribution is 7.71. The Bertz CT molecular complexity index is 1340. The maximum absolute atomic E-state index is 13.4. The molecule has 28 heavy (non-hydrogen) atoms. The summed E-state index contributed by atoms with van der Waals surface area (Å²) in [4.78, 5) is 27.8. The van der Waals surface area contributed by atoms with Crippen LogP contribution in [-0.2, 0) is 20.5 Å². The molecule has 6 heteroatoms. The van der Waals surface area contributed by atoms with Crippen LogP contribution in [0.4, 0.5) is 0 Å². The number of ketones is 1. The summed E-state index contributed by atoms with van der Waals surface area (Å²) < 4.78 is 3.93. The fraction of sp³-hybridized carbons (Fsp3) is 0.227. The Morgan fingerprint density at radius 3 is 2.50 bits per heavy atom. The van der Waals surface area contributed by atoms with Crippen molar-refractivity contribution in [2.45, 2.75) is 19.3 Å². The molecule has 1 unspecified atom stereocenters. The van der Waals surface area contributed by atoms with Gasteiger partial charge >= 0.3 is 0 Å². The van der Waals surface area contributed by atoms with E-state index in [0.29, 0.717) is 16.8 Å². The maximum atomic E-state index is 13.4. The number of hydrogen-bond acceptors (Lipinski definition) is 4. The molecule has 0 bridgehead atoms. The Hall–Kier alpha value is -2.57. The first kappa shape index (κ1) is 17.5. The number of carbonyl (C=O) groups is 1. The van der Waals surface area contributed by atoms with E-state index < -0.39 is 0 Å². The van der Waals surface area contributed by atoms with Gasteiger partial charge in [0.2, 0.25) is 0 Å². The van der Waals surface area contributed by atoms with E-state index in [-0.39, 0.29) is 17.3 Å². The van der Waals surface area contributed by atoms with Crippen LogP contribution in [0.5, 0.6) is 0 Å². The summed E-state index contributed by atoms with van der Waals surface area (Å²) >= 11 is 7.13. The van der Waals surface area contributed by atoms with Crippen molar-refractivity contribution in [1.82, 2.24) is 9.13 Å². The van der Waals surface area contributed by atoms with E-state index >= 15 is 0 Å². The number of allylic oxidation sites excluding steroid dienone is 2. The minimum Gasteiger partial charge on any atom is -0.325 e. The van der Waals surface area contributed by atoms with Gasteiger partial charge in [-0.25, -0.2) is 0 Å². The number of nitrogens with zero attached hydrogens (tertiary/aromatic N) is 2. The molecule has 5 rings (SSSR count). The number of hydrogen-bond donors (Lipinski definition) is 0. The first-order chi connectivity index (χ1) is 13.4. The maximum Gasteiger partial charge on any atom is 0.258 e. The lowest BCUT2D eigenvalue weighted by molar-refractivity contribution is 0.103. The number of carbonyl (C=O) groups excluding carboxylic acids is 1. The number of aryl methyl sites for hydroxylation is 1. The van der Waals surface area contributed by atoms with Crippen molar-refractivity contribution in [3.8, 4) is 0 Å². The van der Waals surface area contributed by atoms with Gasteiger partial charge < -0.3 is 4.57 Å². The van der Waals surface area contributed by atoms with Crippen molar-refractivity contribution in [1.29, 1.82) is 0 Å². The van der Waals surface area contributed by atoms with Gasteiger partial charge in [0.15, 0.2) is 10.6 Å². The van der Waals surface area contributed by atoms with Crippen molar-refractivity contribution in [2.24, 2.45) is 14.1 Å². The van der Waals surface area contributed by atoms with Gasteiger partial charge in [-0.15, -0.1) is 11.3 Å². The first-order valence-electron chi connectivity index (χ1n) is 9.11. The second kappa shape index (κ2) is 5.96. The molecule has 1 aromatic carbocycles. The van der Waals surface area contributed by atoms with Crippen LogP contribution >= 0.6 is 23.6 Å². The van der Waals surface area contributed by atoms with Gasteiger partial charge in [0.1, 0.15) is 0 Å². The fourth-order valence-corrected chi connectivity index (χ4v) is 5.47. The van der Waals surface area contributed by atoms with Gasteiger partial charge in [-0.1, -0.05) is 24.3 Å². The second-order valence-electron chi connectivity index (χ2n) is 7.43. The monoisotopic (exact) mass is 406 g/mol. The van der Waals surface area contributed by atoms with Gasteiger partial charge in [0, 0.05) is 53.7 Å². The Morgan fingerprint density at radius 2 is 1.82 bits per heavy atom. The zero-order valence-electron chi connectivity index (χ0n) is 15.8. The Morgan fingerprint density at radius 1 is 1.11 bits per heavy atom.